The molecule has 0 atom stereocenters. The van der Waals surface area contributed by atoms with Gasteiger partial charge in [0.25, 0.3) is 0 Å². The Labute approximate surface area is 103 Å². The summed E-state index contributed by atoms with van der Waals surface area (Å²) >= 11 is 1.19. The van der Waals surface area contributed by atoms with Gasteiger partial charge in [-0.3, -0.25) is 0 Å². The van der Waals surface area contributed by atoms with Crippen LogP contribution in [-0.4, -0.2) is 33.1 Å². The maximum Gasteiger partial charge on any atom is 0.195 e. The molecule has 0 N–H and O–H groups in total. The summed E-state index contributed by atoms with van der Waals surface area (Å²) in [4.78, 5) is 17.2. The maximum absolute atomic E-state index is 10.7. The molecular formula is C11H12N4OS. The van der Waals surface area contributed by atoms with Crippen molar-refractivity contribution in [3.05, 3.63) is 12.3 Å². The van der Waals surface area contributed by atoms with E-state index in [0.29, 0.717) is 5.65 Å². The van der Waals surface area contributed by atoms with Gasteiger partial charge in [0.1, 0.15) is 11.8 Å². The predicted octanol–water partition coefficient (Wildman–Crippen LogP) is 1.50. The number of anilines is 1. The van der Waals surface area contributed by atoms with Gasteiger partial charge >= 0.3 is 0 Å². The molecule has 1 aliphatic heterocycles. The molecule has 0 amide bonds. The van der Waals surface area contributed by atoms with E-state index >= 15 is 0 Å². The van der Waals surface area contributed by atoms with Crippen LogP contribution in [0.5, 0.6) is 0 Å². The largest absolute Gasteiger partial charge is 0.370 e. The lowest BCUT2D eigenvalue weighted by Crippen LogP contribution is -2.34. The fraction of sp³-hybridized carbons (Fsp3) is 0.455. The van der Waals surface area contributed by atoms with E-state index in [9.17, 15) is 4.79 Å². The Morgan fingerprint density at radius 2 is 2.18 bits per heavy atom. The second-order valence-corrected chi connectivity index (χ2v) is 4.76. The summed E-state index contributed by atoms with van der Waals surface area (Å²) in [6, 6.07) is 1.98. The number of nitrogens with zero attached hydrogens (tertiary/aromatic N) is 4. The zero-order chi connectivity index (χ0) is 11.7. The number of carbonyl (C=O) groups is 1. The predicted molar refractivity (Wildman–Crippen MR) is 66.2 cm³/mol. The third-order valence-electron chi connectivity index (χ3n) is 3.22. The highest BCUT2D eigenvalue weighted by molar-refractivity contribution is 7.00. The molecule has 3 rings (SSSR count). The van der Waals surface area contributed by atoms with Gasteiger partial charge in [0.2, 0.25) is 0 Å². The minimum atomic E-state index is 0.220. The number of hydrogen-bond donors (Lipinski definition) is 0. The van der Waals surface area contributed by atoms with E-state index in [2.05, 4.69) is 18.6 Å². The van der Waals surface area contributed by atoms with Crippen molar-refractivity contribution in [2.24, 2.45) is 5.92 Å². The van der Waals surface area contributed by atoms with Crippen LogP contribution in [0.3, 0.4) is 0 Å². The highest BCUT2D eigenvalue weighted by Crippen LogP contribution is 2.27. The highest BCUT2D eigenvalue weighted by atomic mass is 32.1. The van der Waals surface area contributed by atoms with Crippen LogP contribution in [0, 0.1) is 5.92 Å². The van der Waals surface area contributed by atoms with Gasteiger partial charge in [-0.25, -0.2) is 4.98 Å². The molecule has 1 aliphatic rings. The van der Waals surface area contributed by atoms with Gasteiger partial charge in [-0.2, -0.15) is 8.75 Å². The summed E-state index contributed by atoms with van der Waals surface area (Å²) in [5.41, 5.74) is 2.68. The third kappa shape index (κ3) is 1.88. The lowest BCUT2D eigenvalue weighted by atomic mass is 9.98. The molecule has 0 bridgehead atoms. The van der Waals surface area contributed by atoms with Crippen molar-refractivity contribution in [2.45, 2.75) is 12.8 Å². The minimum absolute atomic E-state index is 0.220. The van der Waals surface area contributed by atoms with Crippen molar-refractivity contribution in [3.8, 4) is 0 Å². The average Bonchev–Trinajstić information content (AvgIpc) is 2.87. The summed E-state index contributed by atoms with van der Waals surface area (Å²) in [7, 11) is 0. The molecule has 2 aromatic rings. The molecule has 2 aromatic heterocycles. The van der Waals surface area contributed by atoms with Crippen molar-refractivity contribution < 1.29 is 4.79 Å². The zero-order valence-electron chi connectivity index (χ0n) is 9.24. The molecule has 0 radical (unpaired) electrons. The molecule has 0 spiro atoms. The normalized spacial score (nSPS) is 17.5. The Kier molecular flexibility index (Phi) is 2.72. The molecule has 0 saturated carbocycles. The fourth-order valence-electron chi connectivity index (χ4n) is 2.22. The first-order chi connectivity index (χ1) is 8.38. The summed E-state index contributed by atoms with van der Waals surface area (Å²) in [6.07, 6.45) is 4.69. The van der Waals surface area contributed by atoms with Gasteiger partial charge in [-0.05, 0) is 18.9 Å². The highest BCUT2D eigenvalue weighted by Gasteiger charge is 2.21. The van der Waals surface area contributed by atoms with Crippen LogP contribution >= 0.6 is 11.7 Å². The van der Waals surface area contributed by atoms with E-state index in [0.717, 1.165) is 43.4 Å². The van der Waals surface area contributed by atoms with Gasteiger partial charge in [-0.15, -0.1) is 0 Å². The lowest BCUT2D eigenvalue weighted by molar-refractivity contribution is -0.111. The van der Waals surface area contributed by atoms with Crippen LogP contribution in [0.15, 0.2) is 12.3 Å². The van der Waals surface area contributed by atoms with Crippen molar-refractivity contribution in [1.82, 2.24) is 13.7 Å². The van der Waals surface area contributed by atoms with Crippen LogP contribution in [0.4, 0.5) is 5.69 Å². The molecule has 1 saturated heterocycles. The first kappa shape index (κ1) is 10.6. The molecular weight excluding hydrogens is 236 g/mol. The van der Waals surface area contributed by atoms with Gasteiger partial charge in [0.15, 0.2) is 5.65 Å². The van der Waals surface area contributed by atoms with E-state index in [1.807, 2.05) is 6.07 Å². The van der Waals surface area contributed by atoms with E-state index in [4.69, 9.17) is 0 Å². The van der Waals surface area contributed by atoms with E-state index in [1.165, 1.54) is 11.7 Å². The van der Waals surface area contributed by atoms with Gasteiger partial charge < -0.3 is 9.69 Å². The first-order valence-electron chi connectivity index (χ1n) is 5.66. The van der Waals surface area contributed by atoms with Crippen molar-refractivity contribution in [3.63, 3.8) is 0 Å². The van der Waals surface area contributed by atoms with Crippen molar-refractivity contribution in [2.75, 3.05) is 18.0 Å². The molecule has 0 unspecified atom stereocenters. The van der Waals surface area contributed by atoms with E-state index < -0.39 is 0 Å². The second-order valence-electron chi connectivity index (χ2n) is 4.23. The fourth-order valence-corrected chi connectivity index (χ4v) is 2.73. The number of hydrogen-bond acceptors (Lipinski definition) is 6. The topological polar surface area (TPSA) is 59.0 Å². The molecule has 88 valence electrons. The average molecular weight is 248 g/mol. The Bertz CT molecular complexity index is 533. The van der Waals surface area contributed by atoms with Crippen LogP contribution in [-0.2, 0) is 4.79 Å². The number of carbonyl (C=O) groups excluding carboxylic acids is 1. The molecule has 17 heavy (non-hydrogen) atoms. The molecule has 1 fully saturated rings. The minimum Gasteiger partial charge on any atom is -0.370 e. The SMILES string of the molecule is O=CC1CCN(c2ccnc3nsnc23)CC1. The Morgan fingerprint density at radius 1 is 1.35 bits per heavy atom. The third-order valence-corrected chi connectivity index (χ3v) is 3.73. The monoisotopic (exact) mass is 248 g/mol. The Hall–Kier alpha value is -1.56. The smallest absolute Gasteiger partial charge is 0.195 e. The number of fused-ring (bicyclic) bond motifs is 1. The number of aldehydes is 1. The summed E-state index contributed by atoms with van der Waals surface area (Å²) in [6.45, 7) is 1.81. The van der Waals surface area contributed by atoms with Crippen LogP contribution in [0.2, 0.25) is 0 Å². The molecule has 0 aromatic carbocycles. The Balaban J connectivity index is 1.89. The van der Waals surface area contributed by atoms with Crippen molar-refractivity contribution in [1.29, 1.82) is 0 Å². The van der Waals surface area contributed by atoms with Gasteiger partial charge in [0.05, 0.1) is 17.4 Å². The zero-order valence-corrected chi connectivity index (χ0v) is 10.1. The molecule has 0 aliphatic carbocycles. The molecule has 5 nitrogen and oxygen atoms in total. The second kappa shape index (κ2) is 4.37. The van der Waals surface area contributed by atoms with Gasteiger partial charge in [0, 0.05) is 25.2 Å². The van der Waals surface area contributed by atoms with Crippen LogP contribution < -0.4 is 4.90 Å². The standard InChI is InChI=1S/C11H12N4OS/c16-7-8-2-5-15(6-3-8)9-1-4-12-11-10(9)13-17-14-11/h1,4,7-8H,2-3,5-6H2. The summed E-state index contributed by atoms with van der Waals surface area (Å²) in [5, 5.41) is 0. The Morgan fingerprint density at radius 3 is 2.94 bits per heavy atom. The van der Waals surface area contributed by atoms with Crippen LogP contribution in [0.1, 0.15) is 12.8 Å². The number of aromatic nitrogens is 3. The lowest BCUT2D eigenvalue weighted by Gasteiger charge is -2.31. The van der Waals surface area contributed by atoms with Gasteiger partial charge in [-0.1, -0.05) is 0 Å². The maximum atomic E-state index is 10.7. The summed E-state index contributed by atoms with van der Waals surface area (Å²) in [5.74, 6) is 0.220. The van der Waals surface area contributed by atoms with E-state index in [1.54, 1.807) is 6.20 Å². The number of piperidine rings is 1. The van der Waals surface area contributed by atoms with Crippen LogP contribution in [0.25, 0.3) is 11.2 Å². The molecule has 3 heterocycles. The summed E-state index contributed by atoms with van der Waals surface area (Å²) < 4.78 is 8.43. The first-order valence-corrected chi connectivity index (χ1v) is 6.39. The number of rotatable bonds is 2. The molecule has 6 heteroatoms. The number of pyridine rings is 1. The van der Waals surface area contributed by atoms with E-state index in [-0.39, 0.29) is 5.92 Å². The van der Waals surface area contributed by atoms with Crippen molar-refractivity contribution >= 4 is 34.9 Å². The quantitative estimate of drug-likeness (QED) is 0.754.